The van der Waals surface area contributed by atoms with Gasteiger partial charge in [-0.2, -0.15) is 0 Å². The topological polar surface area (TPSA) is 69.6 Å². The van der Waals surface area contributed by atoms with Gasteiger partial charge in [-0.25, -0.2) is 0 Å². The molecule has 0 aromatic heterocycles. The maximum Gasteiger partial charge on any atom is 0.248 e. The number of nitrogens with one attached hydrogen (secondary N) is 1. The van der Waals surface area contributed by atoms with Gasteiger partial charge in [-0.15, -0.1) is 0 Å². The van der Waals surface area contributed by atoms with Crippen LogP contribution in [0.4, 0.5) is 0 Å². The quantitative estimate of drug-likeness (QED) is 0.516. The Labute approximate surface area is 82.1 Å². The monoisotopic (exact) mass is 198 g/mol. The van der Waals surface area contributed by atoms with E-state index >= 15 is 0 Å². The van der Waals surface area contributed by atoms with E-state index in [0.717, 1.165) is 0 Å². The van der Waals surface area contributed by atoms with Gasteiger partial charge in [-0.1, -0.05) is 0 Å². The van der Waals surface area contributed by atoms with Crippen LogP contribution in [0.2, 0.25) is 0 Å². The summed E-state index contributed by atoms with van der Waals surface area (Å²) in [5.41, 5.74) is -0.836. The van der Waals surface area contributed by atoms with Gasteiger partial charge in [0.05, 0.1) is 6.10 Å². The Bertz CT molecular complexity index is 300. The molecule has 2 aliphatic heterocycles. The molecule has 2 saturated heterocycles. The van der Waals surface area contributed by atoms with E-state index in [2.05, 4.69) is 5.32 Å². The van der Waals surface area contributed by atoms with Gasteiger partial charge < -0.3 is 15.3 Å². The predicted molar refractivity (Wildman–Crippen MR) is 48.3 cm³/mol. The van der Waals surface area contributed by atoms with Gasteiger partial charge in [0.15, 0.2) is 0 Å². The first-order chi connectivity index (χ1) is 6.42. The molecule has 2 unspecified atom stereocenters. The summed E-state index contributed by atoms with van der Waals surface area (Å²) in [4.78, 5) is 24.9. The van der Waals surface area contributed by atoms with E-state index in [1.165, 1.54) is 4.90 Å². The molecule has 2 heterocycles. The molecule has 0 bridgehead atoms. The molecule has 14 heavy (non-hydrogen) atoms. The smallest absolute Gasteiger partial charge is 0.248 e. The molecule has 2 aliphatic rings. The van der Waals surface area contributed by atoms with Crippen LogP contribution < -0.4 is 5.32 Å². The van der Waals surface area contributed by atoms with Gasteiger partial charge in [0.2, 0.25) is 11.8 Å². The lowest BCUT2D eigenvalue weighted by Gasteiger charge is -2.39. The van der Waals surface area contributed by atoms with E-state index < -0.39 is 17.7 Å². The van der Waals surface area contributed by atoms with Crippen LogP contribution in [-0.2, 0) is 9.59 Å². The number of hydrogen-bond donors (Lipinski definition) is 2. The standard InChI is InChI=1S/C9H14N2O3/c1-9(2)8(14)11-4-5(12)3-6(11)7(13)10-9/h5-6,12H,3-4H2,1-2H3,(H,10,13). The number of carbonyl (C=O) groups excluding carboxylic acids is 2. The minimum atomic E-state index is -0.836. The summed E-state index contributed by atoms with van der Waals surface area (Å²) in [6, 6.07) is -0.467. The third-order valence-electron chi connectivity index (χ3n) is 2.81. The Morgan fingerprint density at radius 3 is 2.79 bits per heavy atom. The minimum Gasteiger partial charge on any atom is -0.391 e. The predicted octanol–water partition coefficient (Wildman–Crippen LogP) is -1.14. The van der Waals surface area contributed by atoms with Crippen molar-refractivity contribution in [3.63, 3.8) is 0 Å². The first-order valence-electron chi connectivity index (χ1n) is 4.73. The van der Waals surface area contributed by atoms with E-state index in [-0.39, 0.29) is 18.4 Å². The summed E-state index contributed by atoms with van der Waals surface area (Å²) in [6.07, 6.45) is -0.211. The first kappa shape index (κ1) is 9.45. The lowest BCUT2D eigenvalue weighted by molar-refractivity contribution is -0.151. The molecular formula is C9H14N2O3. The lowest BCUT2D eigenvalue weighted by atomic mass is 9.98. The molecule has 0 saturated carbocycles. The molecule has 2 N–H and O–H groups in total. The average molecular weight is 198 g/mol. The van der Waals surface area contributed by atoms with Crippen LogP contribution in [0.25, 0.3) is 0 Å². The number of rotatable bonds is 0. The van der Waals surface area contributed by atoms with Crippen LogP contribution in [0.3, 0.4) is 0 Å². The van der Waals surface area contributed by atoms with Gasteiger partial charge in [0.1, 0.15) is 11.6 Å². The van der Waals surface area contributed by atoms with Gasteiger partial charge in [-0.3, -0.25) is 9.59 Å². The van der Waals surface area contributed by atoms with Crippen molar-refractivity contribution in [1.29, 1.82) is 0 Å². The summed E-state index contributed by atoms with van der Waals surface area (Å²) >= 11 is 0. The fourth-order valence-corrected chi connectivity index (χ4v) is 2.09. The van der Waals surface area contributed by atoms with Gasteiger partial charge in [0.25, 0.3) is 0 Å². The Morgan fingerprint density at radius 1 is 1.50 bits per heavy atom. The number of amides is 2. The summed E-state index contributed by atoms with van der Waals surface area (Å²) in [5.74, 6) is -0.273. The lowest BCUT2D eigenvalue weighted by Crippen LogP contribution is -2.66. The third kappa shape index (κ3) is 1.19. The number of carbonyl (C=O) groups is 2. The number of nitrogens with zero attached hydrogens (tertiary/aromatic N) is 1. The molecule has 0 spiro atoms. The van der Waals surface area contributed by atoms with Gasteiger partial charge in [-0.05, 0) is 13.8 Å². The molecule has 0 radical (unpaired) electrons. The van der Waals surface area contributed by atoms with E-state index in [4.69, 9.17) is 0 Å². The molecule has 0 aromatic rings. The second-order valence-electron chi connectivity index (χ2n) is 4.48. The van der Waals surface area contributed by atoms with E-state index in [0.29, 0.717) is 6.42 Å². The van der Waals surface area contributed by atoms with Crippen molar-refractivity contribution in [2.45, 2.75) is 38.0 Å². The molecule has 5 heteroatoms. The number of aliphatic hydroxyl groups is 1. The van der Waals surface area contributed by atoms with Crippen molar-refractivity contribution >= 4 is 11.8 Å². The van der Waals surface area contributed by atoms with Crippen LogP contribution >= 0.6 is 0 Å². The van der Waals surface area contributed by atoms with E-state index in [1.54, 1.807) is 13.8 Å². The van der Waals surface area contributed by atoms with Crippen LogP contribution in [0.1, 0.15) is 20.3 Å². The van der Waals surface area contributed by atoms with Gasteiger partial charge in [0, 0.05) is 13.0 Å². The summed E-state index contributed by atoms with van der Waals surface area (Å²) in [6.45, 7) is 3.63. The maximum atomic E-state index is 11.8. The van der Waals surface area contributed by atoms with Crippen molar-refractivity contribution < 1.29 is 14.7 Å². The van der Waals surface area contributed by atoms with Crippen LogP contribution in [-0.4, -0.2) is 46.1 Å². The highest BCUT2D eigenvalue weighted by molar-refractivity contribution is 5.99. The number of piperazine rings is 1. The molecule has 0 aromatic carbocycles. The highest BCUT2D eigenvalue weighted by Crippen LogP contribution is 2.26. The molecule has 2 fully saturated rings. The van der Waals surface area contributed by atoms with E-state index in [1.807, 2.05) is 0 Å². The normalized spacial score (nSPS) is 35.5. The van der Waals surface area contributed by atoms with Crippen molar-refractivity contribution in [2.75, 3.05) is 6.54 Å². The van der Waals surface area contributed by atoms with Crippen LogP contribution in [0.15, 0.2) is 0 Å². The van der Waals surface area contributed by atoms with Crippen LogP contribution in [0, 0.1) is 0 Å². The Hall–Kier alpha value is -1.10. The number of hydrogen-bond acceptors (Lipinski definition) is 3. The average Bonchev–Trinajstić information content (AvgIpc) is 2.43. The second-order valence-corrected chi connectivity index (χ2v) is 4.48. The van der Waals surface area contributed by atoms with Gasteiger partial charge >= 0.3 is 0 Å². The third-order valence-corrected chi connectivity index (χ3v) is 2.81. The SMILES string of the molecule is CC1(C)NC(=O)C2CC(O)CN2C1=O. The highest BCUT2D eigenvalue weighted by atomic mass is 16.3. The Morgan fingerprint density at radius 2 is 2.14 bits per heavy atom. The molecular weight excluding hydrogens is 184 g/mol. The molecule has 2 atom stereocenters. The zero-order chi connectivity index (χ0) is 10.5. The molecule has 5 nitrogen and oxygen atoms in total. The Balaban J connectivity index is 2.29. The van der Waals surface area contributed by atoms with Crippen molar-refractivity contribution in [1.82, 2.24) is 10.2 Å². The van der Waals surface area contributed by atoms with Crippen molar-refractivity contribution in [2.24, 2.45) is 0 Å². The Kier molecular flexibility index (Phi) is 1.82. The summed E-state index contributed by atoms with van der Waals surface area (Å²) in [7, 11) is 0. The fraction of sp³-hybridized carbons (Fsp3) is 0.778. The van der Waals surface area contributed by atoms with Crippen LogP contribution in [0.5, 0.6) is 0 Å². The molecule has 0 aliphatic carbocycles. The summed E-state index contributed by atoms with van der Waals surface area (Å²) < 4.78 is 0. The largest absolute Gasteiger partial charge is 0.391 e. The zero-order valence-electron chi connectivity index (χ0n) is 8.28. The first-order valence-corrected chi connectivity index (χ1v) is 4.73. The second kappa shape index (κ2) is 2.70. The van der Waals surface area contributed by atoms with Crippen molar-refractivity contribution in [3.05, 3.63) is 0 Å². The van der Waals surface area contributed by atoms with E-state index in [9.17, 15) is 14.7 Å². The summed E-state index contributed by atoms with van der Waals surface area (Å²) in [5, 5.41) is 12.0. The maximum absolute atomic E-state index is 11.8. The zero-order valence-corrected chi connectivity index (χ0v) is 8.28. The number of aliphatic hydroxyl groups excluding tert-OH is 1. The molecule has 2 amide bonds. The minimum absolute atomic E-state index is 0.112. The highest BCUT2D eigenvalue weighted by Gasteiger charge is 2.49. The molecule has 2 rings (SSSR count). The molecule has 78 valence electrons. The number of fused-ring (bicyclic) bond motifs is 1. The fourth-order valence-electron chi connectivity index (χ4n) is 2.09. The van der Waals surface area contributed by atoms with Crippen molar-refractivity contribution in [3.8, 4) is 0 Å².